The molecule has 0 spiro atoms. The first-order valence-corrected chi connectivity index (χ1v) is 5.38. The minimum absolute atomic E-state index is 0.241. The summed E-state index contributed by atoms with van der Waals surface area (Å²) in [4.78, 5) is 0. The van der Waals surface area contributed by atoms with Crippen LogP contribution >= 0.6 is 0 Å². The first-order chi connectivity index (χ1) is 7.33. The molecule has 1 aromatic carbocycles. The highest BCUT2D eigenvalue weighted by Crippen LogP contribution is 2.35. The summed E-state index contributed by atoms with van der Waals surface area (Å²) >= 11 is 0. The Labute approximate surface area is 89.9 Å². The highest BCUT2D eigenvalue weighted by molar-refractivity contribution is 5.35. The van der Waals surface area contributed by atoms with Gasteiger partial charge in [-0.15, -0.1) is 0 Å². The molecule has 3 nitrogen and oxygen atoms in total. The van der Waals surface area contributed by atoms with Gasteiger partial charge in [-0.1, -0.05) is 18.2 Å². The van der Waals surface area contributed by atoms with Gasteiger partial charge in [0.2, 0.25) is 0 Å². The van der Waals surface area contributed by atoms with Crippen LogP contribution in [0.25, 0.3) is 0 Å². The van der Waals surface area contributed by atoms with Gasteiger partial charge < -0.3 is 15.6 Å². The van der Waals surface area contributed by atoms with Crippen LogP contribution in [0.5, 0.6) is 5.75 Å². The van der Waals surface area contributed by atoms with E-state index in [1.54, 1.807) is 6.07 Å². The molecule has 0 bridgehead atoms. The van der Waals surface area contributed by atoms with Gasteiger partial charge in [0.05, 0.1) is 6.61 Å². The molecule has 0 aliphatic carbocycles. The second-order valence-corrected chi connectivity index (χ2v) is 4.02. The van der Waals surface area contributed by atoms with Crippen LogP contribution in [0, 0.1) is 5.92 Å². The summed E-state index contributed by atoms with van der Waals surface area (Å²) in [5.41, 5.74) is 6.71. The Kier molecular flexibility index (Phi) is 3.23. The molecule has 0 saturated carbocycles. The molecule has 2 rings (SSSR count). The Morgan fingerprint density at radius 1 is 1.40 bits per heavy atom. The van der Waals surface area contributed by atoms with Crippen molar-refractivity contribution < 1.29 is 9.84 Å². The van der Waals surface area contributed by atoms with E-state index >= 15 is 0 Å². The monoisotopic (exact) mass is 207 g/mol. The Hall–Kier alpha value is -1.06. The lowest BCUT2D eigenvalue weighted by Crippen LogP contribution is -2.31. The molecule has 1 saturated heterocycles. The fraction of sp³-hybridized carbons (Fsp3) is 0.500. The first kappa shape index (κ1) is 10.5. The van der Waals surface area contributed by atoms with E-state index in [0.29, 0.717) is 24.8 Å². The molecule has 1 aliphatic heterocycles. The highest BCUT2D eigenvalue weighted by Gasteiger charge is 2.27. The molecule has 0 aromatic heterocycles. The van der Waals surface area contributed by atoms with Crippen LogP contribution in [-0.4, -0.2) is 24.9 Å². The van der Waals surface area contributed by atoms with Crippen LogP contribution < -0.4 is 5.73 Å². The zero-order valence-corrected chi connectivity index (χ0v) is 8.73. The number of benzene rings is 1. The molecule has 82 valence electrons. The maximum atomic E-state index is 9.78. The molecule has 2 atom stereocenters. The minimum Gasteiger partial charge on any atom is -0.508 e. The number of para-hydroxylation sites is 1. The summed E-state index contributed by atoms with van der Waals surface area (Å²) in [6.45, 7) is 2.10. The first-order valence-electron chi connectivity index (χ1n) is 5.38. The molecule has 2 unspecified atom stereocenters. The van der Waals surface area contributed by atoms with E-state index in [2.05, 4.69) is 0 Å². The van der Waals surface area contributed by atoms with E-state index in [4.69, 9.17) is 10.5 Å². The molecule has 1 aromatic rings. The van der Waals surface area contributed by atoms with Crippen molar-refractivity contribution in [3.8, 4) is 5.75 Å². The molecule has 0 amide bonds. The van der Waals surface area contributed by atoms with Crippen molar-refractivity contribution in [2.24, 2.45) is 11.7 Å². The van der Waals surface area contributed by atoms with Crippen molar-refractivity contribution in [2.45, 2.75) is 12.3 Å². The average molecular weight is 207 g/mol. The number of ether oxygens (including phenoxy) is 1. The standard InChI is InChI=1S/C12H17NO2/c13-7-9-5-6-15-8-11(9)10-3-1-2-4-12(10)14/h1-4,9,11,14H,5-8,13H2. The summed E-state index contributed by atoms with van der Waals surface area (Å²) in [6, 6.07) is 7.45. The SMILES string of the molecule is NCC1CCOCC1c1ccccc1O. The van der Waals surface area contributed by atoms with Gasteiger partial charge in [-0.25, -0.2) is 0 Å². The summed E-state index contributed by atoms with van der Waals surface area (Å²) in [7, 11) is 0. The fourth-order valence-corrected chi connectivity index (χ4v) is 2.21. The molecule has 1 fully saturated rings. The summed E-state index contributed by atoms with van der Waals surface area (Å²) in [5.74, 6) is 1.02. The summed E-state index contributed by atoms with van der Waals surface area (Å²) in [5, 5.41) is 9.78. The van der Waals surface area contributed by atoms with Gasteiger partial charge in [-0.2, -0.15) is 0 Å². The van der Waals surface area contributed by atoms with E-state index < -0.39 is 0 Å². The minimum atomic E-state index is 0.241. The lowest BCUT2D eigenvalue weighted by molar-refractivity contribution is 0.0486. The van der Waals surface area contributed by atoms with E-state index in [0.717, 1.165) is 18.6 Å². The largest absolute Gasteiger partial charge is 0.508 e. The second kappa shape index (κ2) is 4.64. The van der Waals surface area contributed by atoms with Gasteiger partial charge in [-0.05, 0) is 30.5 Å². The van der Waals surface area contributed by atoms with Crippen LogP contribution in [0.2, 0.25) is 0 Å². The van der Waals surface area contributed by atoms with Crippen molar-refractivity contribution >= 4 is 0 Å². The van der Waals surface area contributed by atoms with Gasteiger partial charge in [0.1, 0.15) is 5.75 Å². The maximum absolute atomic E-state index is 9.78. The van der Waals surface area contributed by atoms with Crippen LogP contribution in [-0.2, 0) is 4.74 Å². The Morgan fingerprint density at radius 3 is 2.93 bits per heavy atom. The summed E-state index contributed by atoms with van der Waals surface area (Å²) in [6.07, 6.45) is 0.982. The molecule has 15 heavy (non-hydrogen) atoms. The third-order valence-corrected chi connectivity index (χ3v) is 3.14. The predicted molar refractivity (Wildman–Crippen MR) is 58.8 cm³/mol. The third kappa shape index (κ3) is 2.13. The van der Waals surface area contributed by atoms with Crippen LogP contribution in [0.3, 0.4) is 0 Å². The van der Waals surface area contributed by atoms with Crippen LogP contribution in [0.1, 0.15) is 17.9 Å². The van der Waals surface area contributed by atoms with Crippen molar-refractivity contribution in [3.05, 3.63) is 29.8 Å². The quantitative estimate of drug-likeness (QED) is 0.772. The molecule has 1 heterocycles. The number of nitrogens with two attached hydrogens (primary N) is 1. The van der Waals surface area contributed by atoms with Crippen LogP contribution in [0.4, 0.5) is 0 Å². The lowest BCUT2D eigenvalue weighted by Gasteiger charge is -2.31. The lowest BCUT2D eigenvalue weighted by atomic mass is 9.83. The Bertz CT molecular complexity index is 327. The number of rotatable bonds is 2. The molecule has 3 heteroatoms. The van der Waals surface area contributed by atoms with Crippen molar-refractivity contribution in [1.82, 2.24) is 0 Å². The fourth-order valence-electron chi connectivity index (χ4n) is 2.21. The van der Waals surface area contributed by atoms with Gasteiger partial charge in [0.15, 0.2) is 0 Å². The normalized spacial score (nSPS) is 26.5. The molecular weight excluding hydrogens is 190 g/mol. The van der Waals surface area contributed by atoms with Gasteiger partial charge in [-0.3, -0.25) is 0 Å². The number of hydrogen-bond donors (Lipinski definition) is 2. The van der Waals surface area contributed by atoms with Gasteiger partial charge in [0, 0.05) is 12.5 Å². The van der Waals surface area contributed by atoms with Crippen molar-refractivity contribution in [3.63, 3.8) is 0 Å². The number of aromatic hydroxyl groups is 1. The number of hydrogen-bond acceptors (Lipinski definition) is 3. The van der Waals surface area contributed by atoms with E-state index in [1.165, 1.54) is 0 Å². The predicted octanol–water partition coefficient (Wildman–Crippen LogP) is 1.47. The Morgan fingerprint density at radius 2 is 2.20 bits per heavy atom. The van der Waals surface area contributed by atoms with E-state index in [9.17, 15) is 5.11 Å². The zero-order valence-electron chi connectivity index (χ0n) is 8.73. The van der Waals surface area contributed by atoms with Crippen molar-refractivity contribution in [2.75, 3.05) is 19.8 Å². The second-order valence-electron chi connectivity index (χ2n) is 4.02. The zero-order chi connectivity index (χ0) is 10.7. The highest BCUT2D eigenvalue weighted by atomic mass is 16.5. The van der Waals surface area contributed by atoms with Gasteiger partial charge >= 0.3 is 0 Å². The molecule has 3 N–H and O–H groups in total. The third-order valence-electron chi connectivity index (χ3n) is 3.14. The van der Waals surface area contributed by atoms with E-state index in [1.807, 2.05) is 18.2 Å². The average Bonchev–Trinajstić information content (AvgIpc) is 2.30. The van der Waals surface area contributed by atoms with Crippen LogP contribution in [0.15, 0.2) is 24.3 Å². The smallest absolute Gasteiger partial charge is 0.119 e. The molecular formula is C12H17NO2. The number of phenols is 1. The van der Waals surface area contributed by atoms with Crippen molar-refractivity contribution in [1.29, 1.82) is 0 Å². The summed E-state index contributed by atoms with van der Waals surface area (Å²) < 4.78 is 5.46. The molecule has 1 aliphatic rings. The Balaban J connectivity index is 2.24. The topological polar surface area (TPSA) is 55.5 Å². The van der Waals surface area contributed by atoms with Gasteiger partial charge in [0.25, 0.3) is 0 Å². The number of phenolic OH excluding ortho intramolecular Hbond substituents is 1. The maximum Gasteiger partial charge on any atom is 0.119 e. The van der Waals surface area contributed by atoms with E-state index in [-0.39, 0.29) is 5.92 Å². The molecule has 0 radical (unpaired) electrons.